The number of benzene rings is 2. The van der Waals surface area contributed by atoms with Crippen LogP contribution in [0.25, 0.3) is 5.76 Å². The molecule has 0 saturated carbocycles. The Labute approximate surface area is 228 Å². The molecule has 9 nitrogen and oxygen atoms in total. The Bertz CT molecular complexity index is 1320. The van der Waals surface area contributed by atoms with Gasteiger partial charge in [0.25, 0.3) is 11.7 Å². The van der Waals surface area contributed by atoms with E-state index in [0.29, 0.717) is 44.8 Å². The lowest BCUT2D eigenvalue weighted by Crippen LogP contribution is -2.38. The van der Waals surface area contributed by atoms with Crippen LogP contribution >= 0.6 is 0 Å². The molecule has 0 aromatic heterocycles. The molecule has 1 amide bonds. The highest BCUT2D eigenvalue weighted by molar-refractivity contribution is 7.89. The van der Waals surface area contributed by atoms with Crippen molar-refractivity contribution in [3.05, 3.63) is 71.0 Å². The van der Waals surface area contributed by atoms with E-state index in [0.717, 1.165) is 13.1 Å². The van der Waals surface area contributed by atoms with Gasteiger partial charge in [-0.3, -0.25) is 14.5 Å². The van der Waals surface area contributed by atoms with E-state index in [1.807, 2.05) is 0 Å². The number of nitrogens with zero attached hydrogens (tertiary/aromatic N) is 3. The number of sulfonamides is 1. The first-order valence-electron chi connectivity index (χ1n) is 13.1. The first kappa shape index (κ1) is 28.9. The maximum Gasteiger partial charge on any atom is 0.295 e. The van der Waals surface area contributed by atoms with Crippen LogP contribution in [0.15, 0.2) is 59.0 Å². The van der Waals surface area contributed by atoms with Gasteiger partial charge < -0.3 is 14.7 Å². The molecule has 0 radical (unpaired) electrons. The number of ether oxygens (including phenoxy) is 1. The predicted molar refractivity (Wildman–Crippen MR) is 144 cm³/mol. The van der Waals surface area contributed by atoms with E-state index in [-0.39, 0.29) is 22.6 Å². The molecule has 2 saturated heterocycles. The number of Topliss-reactive ketones (excluding diaryl/α,β-unsaturated/α-hetero) is 1. The minimum atomic E-state index is -3.71. The topological polar surface area (TPSA) is 107 Å². The summed E-state index contributed by atoms with van der Waals surface area (Å²) < 4.78 is 46.1. The fraction of sp³-hybridized carbons (Fsp3) is 0.429. The van der Waals surface area contributed by atoms with Crippen molar-refractivity contribution in [2.45, 2.75) is 31.2 Å². The van der Waals surface area contributed by atoms with Crippen LogP contribution in [-0.2, 0) is 24.3 Å². The summed E-state index contributed by atoms with van der Waals surface area (Å²) >= 11 is 0. The lowest BCUT2D eigenvalue weighted by molar-refractivity contribution is -0.140. The summed E-state index contributed by atoms with van der Waals surface area (Å²) in [6, 6.07) is 10.1. The molecule has 2 aromatic rings. The van der Waals surface area contributed by atoms with Crippen molar-refractivity contribution in [2.24, 2.45) is 0 Å². The lowest BCUT2D eigenvalue weighted by Gasteiger charge is -2.29. The van der Waals surface area contributed by atoms with Gasteiger partial charge in [0, 0.05) is 44.8 Å². The van der Waals surface area contributed by atoms with Crippen LogP contribution in [0, 0.1) is 5.82 Å². The molecule has 0 unspecified atom stereocenters. The van der Waals surface area contributed by atoms with Crippen LogP contribution in [0.4, 0.5) is 4.39 Å². The molecule has 2 fully saturated rings. The van der Waals surface area contributed by atoms with Crippen molar-refractivity contribution in [1.29, 1.82) is 0 Å². The van der Waals surface area contributed by atoms with Crippen molar-refractivity contribution in [3.8, 4) is 0 Å². The van der Waals surface area contributed by atoms with Gasteiger partial charge in [-0.1, -0.05) is 26.0 Å². The van der Waals surface area contributed by atoms with E-state index in [1.54, 1.807) is 13.8 Å². The van der Waals surface area contributed by atoms with Gasteiger partial charge in [0.05, 0.1) is 29.7 Å². The fourth-order valence-electron chi connectivity index (χ4n) is 5.04. The number of aliphatic hydroxyl groups excluding tert-OH is 1. The van der Waals surface area contributed by atoms with Gasteiger partial charge in [-0.2, -0.15) is 4.31 Å². The zero-order valence-electron chi connectivity index (χ0n) is 22.2. The number of ketones is 1. The van der Waals surface area contributed by atoms with Crippen molar-refractivity contribution in [2.75, 3.05) is 52.5 Å². The Morgan fingerprint density at radius 3 is 2.21 bits per heavy atom. The van der Waals surface area contributed by atoms with Gasteiger partial charge in [0.15, 0.2) is 0 Å². The molecule has 2 aromatic carbocycles. The van der Waals surface area contributed by atoms with Crippen LogP contribution in [0.5, 0.6) is 0 Å². The number of aliphatic hydroxyl groups is 1. The summed E-state index contributed by atoms with van der Waals surface area (Å²) in [6.45, 7) is 7.98. The number of halogens is 1. The minimum Gasteiger partial charge on any atom is -0.507 e. The summed E-state index contributed by atoms with van der Waals surface area (Å²) in [5, 5.41) is 11.3. The third kappa shape index (κ3) is 6.06. The summed E-state index contributed by atoms with van der Waals surface area (Å²) in [4.78, 5) is 30.1. The number of carbonyl (C=O) groups excluding carboxylic acids is 2. The van der Waals surface area contributed by atoms with Crippen molar-refractivity contribution in [1.82, 2.24) is 14.1 Å². The van der Waals surface area contributed by atoms with Crippen LogP contribution in [0.1, 0.15) is 37.4 Å². The number of carbonyl (C=O) groups is 2. The Morgan fingerprint density at radius 1 is 1.00 bits per heavy atom. The number of likely N-dealkylation sites (tertiary alicyclic amines) is 1. The monoisotopic (exact) mass is 559 g/mol. The van der Waals surface area contributed by atoms with Crippen molar-refractivity contribution < 1.29 is 32.2 Å². The molecule has 1 N–H and O–H groups in total. The quantitative estimate of drug-likeness (QED) is 0.271. The first-order chi connectivity index (χ1) is 18.7. The maximum atomic E-state index is 13.7. The van der Waals surface area contributed by atoms with Crippen LogP contribution < -0.4 is 0 Å². The third-order valence-electron chi connectivity index (χ3n) is 7.17. The highest BCUT2D eigenvalue weighted by Gasteiger charge is 2.45. The van der Waals surface area contributed by atoms with Gasteiger partial charge in [0.1, 0.15) is 11.6 Å². The van der Waals surface area contributed by atoms with Gasteiger partial charge in [-0.25, -0.2) is 12.8 Å². The molecule has 210 valence electrons. The molecule has 0 spiro atoms. The second kappa shape index (κ2) is 12.4. The zero-order valence-corrected chi connectivity index (χ0v) is 23.0. The number of morpholine rings is 1. The van der Waals surface area contributed by atoms with Crippen molar-refractivity contribution in [3.63, 3.8) is 0 Å². The lowest BCUT2D eigenvalue weighted by atomic mass is 9.95. The van der Waals surface area contributed by atoms with Crippen LogP contribution in [-0.4, -0.2) is 91.8 Å². The predicted octanol–water partition coefficient (Wildman–Crippen LogP) is 3.00. The van der Waals surface area contributed by atoms with Crippen LogP contribution in [0.3, 0.4) is 0 Å². The van der Waals surface area contributed by atoms with E-state index in [9.17, 15) is 27.5 Å². The summed E-state index contributed by atoms with van der Waals surface area (Å²) in [5.41, 5.74) is 0.577. The van der Waals surface area contributed by atoms with Gasteiger partial charge in [0.2, 0.25) is 10.0 Å². The smallest absolute Gasteiger partial charge is 0.295 e. The van der Waals surface area contributed by atoms with E-state index in [2.05, 4.69) is 4.90 Å². The van der Waals surface area contributed by atoms with Gasteiger partial charge in [-0.05, 0) is 48.4 Å². The number of amides is 1. The molecule has 2 aliphatic rings. The van der Waals surface area contributed by atoms with E-state index in [4.69, 9.17) is 4.74 Å². The maximum absolute atomic E-state index is 13.7. The molecule has 39 heavy (non-hydrogen) atoms. The number of rotatable bonds is 10. The average molecular weight is 560 g/mol. The summed E-state index contributed by atoms with van der Waals surface area (Å²) in [5.74, 6) is -2.46. The summed E-state index contributed by atoms with van der Waals surface area (Å²) in [6.07, 6.45) is 0.600. The molecule has 1 atom stereocenters. The largest absolute Gasteiger partial charge is 0.507 e. The molecule has 0 aliphatic carbocycles. The third-order valence-corrected chi connectivity index (χ3v) is 9.24. The molecular formula is C28H34FN3O6S. The Morgan fingerprint density at radius 2 is 1.62 bits per heavy atom. The highest BCUT2D eigenvalue weighted by atomic mass is 32.2. The number of hydrogen-bond donors (Lipinski definition) is 1. The van der Waals surface area contributed by atoms with E-state index >= 15 is 0 Å². The SMILES string of the molecule is CCN(CC)S(=O)(=O)c1ccc(C(O)=C2C(=O)C(=O)N(CCCN3CCOCC3)[C@H]2c2ccc(F)cc2)cc1. The minimum absolute atomic E-state index is 0.0569. The Balaban J connectivity index is 1.67. The molecule has 4 rings (SSSR count). The molecule has 2 heterocycles. The van der Waals surface area contributed by atoms with E-state index < -0.39 is 39.3 Å². The number of hydrogen-bond acceptors (Lipinski definition) is 7. The second-order valence-electron chi connectivity index (χ2n) is 9.47. The van der Waals surface area contributed by atoms with E-state index in [1.165, 1.54) is 57.7 Å². The normalized spacial score (nSPS) is 20.2. The fourth-order valence-corrected chi connectivity index (χ4v) is 6.50. The van der Waals surface area contributed by atoms with Crippen LogP contribution in [0.2, 0.25) is 0 Å². The molecule has 11 heteroatoms. The zero-order chi connectivity index (χ0) is 28.2. The first-order valence-corrected chi connectivity index (χ1v) is 14.6. The van der Waals surface area contributed by atoms with Gasteiger partial charge >= 0.3 is 0 Å². The molecular weight excluding hydrogens is 525 g/mol. The average Bonchev–Trinajstić information content (AvgIpc) is 3.19. The standard InChI is InChI=1S/C28H34FN3O6S/c1-3-31(4-2)39(36,37)23-12-8-21(9-13-23)26(33)24-25(20-6-10-22(29)11-7-20)32(28(35)27(24)34)15-5-14-30-16-18-38-19-17-30/h6-13,25,33H,3-5,14-19H2,1-2H3/t25-/m0/s1. The highest BCUT2D eigenvalue weighted by Crippen LogP contribution is 2.39. The molecule has 0 bridgehead atoms. The Hall–Kier alpha value is -3.12. The van der Waals surface area contributed by atoms with Crippen molar-refractivity contribution >= 4 is 27.5 Å². The summed E-state index contributed by atoms with van der Waals surface area (Å²) in [7, 11) is -3.71. The molecule has 2 aliphatic heterocycles. The van der Waals surface area contributed by atoms with Gasteiger partial charge in [-0.15, -0.1) is 0 Å². The second-order valence-corrected chi connectivity index (χ2v) is 11.4. The Kier molecular flexibility index (Phi) is 9.16.